The van der Waals surface area contributed by atoms with Crippen LogP contribution in [-0.2, 0) is 4.79 Å². The number of nitrogens with one attached hydrogen (secondary N) is 2. The third-order valence-corrected chi connectivity index (χ3v) is 1.43. The number of aliphatic hydroxyl groups is 1. The van der Waals surface area contributed by atoms with E-state index in [0.717, 1.165) is 0 Å². The summed E-state index contributed by atoms with van der Waals surface area (Å²) in [7, 11) is 0. The maximum absolute atomic E-state index is 10.9. The molecule has 0 aliphatic rings. The van der Waals surface area contributed by atoms with Gasteiger partial charge in [-0.2, -0.15) is 0 Å². The molecule has 0 fully saturated rings. The van der Waals surface area contributed by atoms with Gasteiger partial charge in [0.25, 0.3) is 5.91 Å². The lowest BCUT2D eigenvalue weighted by Gasteiger charge is -2.05. The summed E-state index contributed by atoms with van der Waals surface area (Å²) in [6.07, 6.45) is 0.301. The predicted molar refractivity (Wildman–Crippen MR) is 47.4 cm³/mol. The van der Waals surface area contributed by atoms with E-state index in [-0.39, 0.29) is 5.56 Å². The SMILES string of the molecule is C[C@@H](O)C(=O)Nc1ccc(=O)[nH]c1. The number of pyridine rings is 1. The molecule has 0 aliphatic carbocycles. The second kappa shape index (κ2) is 3.86. The lowest BCUT2D eigenvalue weighted by atomic mass is 10.3. The van der Waals surface area contributed by atoms with Gasteiger partial charge in [-0.3, -0.25) is 9.59 Å². The van der Waals surface area contributed by atoms with Crippen LogP contribution in [0.1, 0.15) is 6.92 Å². The van der Waals surface area contributed by atoms with E-state index in [0.29, 0.717) is 5.69 Å². The summed E-state index contributed by atoms with van der Waals surface area (Å²) in [5.41, 5.74) is 0.209. The zero-order valence-electron chi connectivity index (χ0n) is 7.07. The van der Waals surface area contributed by atoms with Gasteiger partial charge < -0.3 is 15.4 Å². The van der Waals surface area contributed by atoms with Crippen molar-refractivity contribution in [2.75, 3.05) is 5.32 Å². The van der Waals surface area contributed by atoms with Gasteiger partial charge in [0, 0.05) is 12.3 Å². The first-order valence-corrected chi connectivity index (χ1v) is 3.77. The molecule has 1 atom stereocenters. The number of aliphatic hydroxyl groups excluding tert-OH is 1. The van der Waals surface area contributed by atoms with E-state index in [4.69, 9.17) is 5.11 Å². The molecule has 13 heavy (non-hydrogen) atoms. The maximum atomic E-state index is 10.9. The van der Waals surface area contributed by atoms with Gasteiger partial charge in [-0.25, -0.2) is 0 Å². The topological polar surface area (TPSA) is 82.2 Å². The van der Waals surface area contributed by atoms with Gasteiger partial charge in [0.2, 0.25) is 5.56 Å². The molecule has 1 rings (SSSR count). The molecule has 70 valence electrons. The Morgan fingerprint density at radius 1 is 1.62 bits per heavy atom. The van der Waals surface area contributed by atoms with Crippen LogP contribution >= 0.6 is 0 Å². The summed E-state index contributed by atoms with van der Waals surface area (Å²) in [6.45, 7) is 1.36. The Hall–Kier alpha value is -1.62. The third-order valence-electron chi connectivity index (χ3n) is 1.43. The second-order valence-electron chi connectivity index (χ2n) is 2.61. The number of rotatable bonds is 2. The summed E-state index contributed by atoms with van der Waals surface area (Å²) >= 11 is 0. The van der Waals surface area contributed by atoms with Crippen molar-refractivity contribution in [1.82, 2.24) is 4.98 Å². The molecule has 0 radical (unpaired) electrons. The molecule has 5 nitrogen and oxygen atoms in total. The average molecular weight is 182 g/mol. The Balaban J connectivity index is 2.70. The molecule has 0 spiro atoms. The average Bonchev–Trinajstić information content (AvgIpc) is 2.08. The molecule has 0 aliphatic heterocycles. The number of anilines is 1. The maximum Gasteiger partial charge on any atom is 0.252 e. The molecule has 0 bridgehead atoms. The highest BCUT2D eigenvalue weighted by Crippen LogP contribution is 2.00. The summed E-state index contributed by atoms with van der Waals surface area (Å²) in [5.74, 6) is -0.507. The first-order chi connectivity index (χ1) is 6.09. The van der Waals surface area contributed by atoms with Crippen LogP contribution in [0, 0.1) is 0 Å². The zero-order valence-corrected chi connectivity index (χ0v) is 7.07. The fraction of sp³-hybridized carbons (Fsp3) is 0.250. The van der Waals surface area contributed by atoms with Gasteiger partial charge >= 0.3 is 0 Å². The number of carbonyl (C=O) groups is 1. The molecule has 0 saturated heterocycles. The molecule has 1 aromatic heterocycles. The van der Waals surface area contributed by atoms with Crippen molar-refractivity contribution in [3.8, 4) is 0 Å². The van der Waals surface area contributed by atoms with Gasteiger partial charge in [0.1, 0.15) is 6.10 Å². The Morgan fingerprint density at radius 3 is 2.77 bits per heavy atom. The number of hydrogen-bond donors (Lipinski definition) is 3. The van der Waals surface area contributed by atoms with Crippen LogP contribution in [-0.4, -0.2) is 22.1 Å². The summed E-state index contributed by atoms with van der Waals surface area (Å²) < 4.78 is 0. The quantitative estimate of drug-likeness (QED) is 0.587. The summed E-state index contributed by atoms with van der Waals surface area (Å²) in [5, 5.41) is 11.3. The Labute approximate surface area is 74.4 Å². The molecule has 0 aromatic carbocycles. The van der Waals surface area contributed by atoms with Crippen LogP contribution in [0.25, 0.3) is 0 Å². The molecular weight excluding hydrogens is 172 g/mol. The molecule has 1 amide bonds. The molecular formula is C8H10N2O3. The minimum Gasteiger partial charge on any atom is -0.384 e. The van der Waals surface area contributed by atoms with Crippen molar-refractivity contribution in [3.05, 3.63) is 28.7 Å². The van der Waals surface area contributed by atoms with Gasteiger partial charge in [-0.15, -0.1) is 0 Å². The fourth-order valence-electron chi connectivity index (χ4n) is 0.735. The zero-order chi connectivity index (χ0) is 9.84. The lowest BCUT2D eigenvalue weighted by Crippen LogP contribution is -2.24. The highest BCUT2D eigenvalue weighted by atomic mass is 16.3. The minimum absolute atomic E-state index is 0.241. The van der Waals surface area contributed by atoms with Crippen molar-refractivity contribution in [1.29, 1.82) is 0 Å². The second-order valence-corrected chi connectivity index (χ2v) is 2.61. The largest absolute Gasteiger partial charge is 0.384 e. The van der Waals surface area contributed by atoms with Crippen LogP contribution in [0.5, 0.6) is 0 Å². The third kappa shape index (κ3) is 2.72. The normalized spacial score (nSPS) is 12.2. The van der Waals surface area contributed by atoms with Gasteiger partial charge in [-0.05, 0) is 13.0 Å². The first-order valence-electron chi connectivity index (χ1n) is 3.77. The number of amides is 1. The van der Waals surface area contributed by atoms with Crippen LogP contribution in [0.2, 0.25) is 0 Å². The minimum atomic E-state index is -1.06. The Bertz CT molecular complexity index is 336. The highest BCUT2D eigenvalue weighted by molar-refractivity contribution is 5.93. The van der Waals surface area contributed by atoms with E-state index in [1.54, 1.807) is 0 Å². The molecule has 1 aromatic rings. The number of H-pyrrole nitrogens is 1. The smallest absolute Gasteiger partial charge is 0.252 e. The summed E-state index contributed by atoms with van der Waals surface area (Å²) in [6, 6.07) is 2.75. The van der Waals surface area contributed by atoms with Crippen molar-refractivity contribution in [3.63, 3.8) is 0 Å². The molecule has 3 N–H and O–H groups in total. The van der Waals surface area contributed by atoms with Gasteiger partial charge in [-0.1, -0.05) is 0 Å². The monoisotopic (exact) mass is 182 g/mol. The standard InChI is InChI=1S/C8H10N2O3/c1-5(11)8(13)10-6-2-3-7(12)9-4-6/h2-5,11H,1H3,(H,9,12)(H,10,13)/t5-/m1/s1. The molecule has 0 saturated carbocycles. The van der Waals surface area contributed by atoms with Crippen LogP contribution in [0.3, 0.4) is 0 Å². The van der Waals surface area contributed by atoms with E-state index >= 15 is 0 Å². The van der Waals surface area contributed by atoms with E-state index in [1.807, 2.05) is 0 Å². The number of aromatic amines is 1. The van der Waals surface area contributed by atoms with Gasteiger partial charge in [0.05, 0.1) is 5.69 Å². The van der Waals surface area contributed by atoms with Crippen molar-refractivity contribution in [2.45, 2.75) is 13.0 Å². The number of hydrogen-bond acceptors (Lipinski definition) is 3. The van der Waals surface area contributed by atoms with E-state index < -0.39 is 12.0 Å². The lowest BCUT2D eigenvalue weighted by molar-refractivity contribution is -0.123. The van der Waals surface area contributed by atoms with Crippen molar-refractivity contribution >= 4 is 11.6 Å². The van der Waals surface area contributed by atoms with E-state index in [2.05, 4.69) is 10.3 Å². The van der Waals surface area contributed by atoms with Gasteiger partial charge in [0.15, 0.2) is 0 Å². The van der Waals surface area contributed by atoms with Crippen molar-refractivity contribution in [2.24, 2.45) is 0 Å². The van der Waals surface area contributed by atoms with Crippen LogP contribution in [0.4, 0.5) is 5.69 Å². The van der Waals surface area contributed by atoms with E-state index in [1.165, 1.54) is 25.3 Å². The predicted octanol–water partition coefficient (Wildman–Crippen LogP) is -0.306. The Morgan fingerprint density at radius 2 is 2.31 bits per heavy atom. The summed E-state index contributed by atoms with van der Waals surface area (Å²) in [4.78, 5) is 24.0. The molecule has 1 heterocycles. The first kappa shape index (κ1) is 9.47. The van der Waals surface area contributed by atoms with Crippen molar-refractivity contribution < 1.29 is 9.90 Å². The molecule has 0 unspecified atom stereocenters. The number of carbonyl (C=O) groups excluding carboxylic acids is 1. The number of aromatic nitrogens is 1. The fourth-order valence-corrected chi connectivity index (χ4v) is 0.735. The van der Waals surface area contributed by atoms with E-state index in [9.17, 15) is 9.59 Å². The van der Waals surface area contributed by atoms with Crippen LogP contribution in [0.15, 0.2) is 23.1 Å². The van der Waals surface area contributed by atoms with Crippen LogP contribution < -0.4 is 10.9 Å². The Kier molecular flexibility index (Phi) is 2.81. The highest BCUT2D eigenvalue weighted by Gasteiger charge is 2.07. The molecule has 5 heteroatoms.